The van der Waals surface area contributed by atoms with Crippen molar-refractivity contribution in [1.29, 1.82) is 0 Å². The third-order valence-corrected chi connectivity index (χ3v) is 10.8. The van der Waals surface area contributed by atoms with Crippen molar-refractivity contribution >= 4 is 36.5 Å². The Labute approximate surface area is 262 Å². The molecule has 0 N–H and O–H groups in total. The number of benzene rings is 1. The molecular formula is C32H56O8Si3. The third kappa shape index (κ3) is 11.6. The summed E-state index contributed by atoms with van der Waals surface area (Å²) >= 11 is 0. The van der Waals surface area contributed by atoms with Gasteiger partial charge in [0.15, 0.2) is 30.7 Å². The summed E-state index contributed by atoms with van der Waals surface area (Å²) in [4.78, 5) is 26.2. The van der Waals surface area contributed by atoms with Crippen molar-refractivity contribution in [3.63, 3.8) is 0 Å². The van der Waals surface area contributed by atoms with E-state index in [4.69, 9.17) is 27.5 Å². The fraction of sp³-hybridized carbons (Fsp3) is 0.750. The maximum absolute atomic E-state index is 13.3. The number of epoxide rings is 1. The summed E-state index contributed by atoms with van der Waals surface area (Å²) in [5, 5.41) is 0. The molecule has 3 rings (SSSR count). The molecule has 43 heavy (non-hydrogen) atoms. The summed E-state index contributed by atoms with van der Waals surface area (Å²) in [6.07, 6.45) is 0.270. The molecule has 0 spiro atoms. The SMILES string of the molecule is COc1cccc(C(=O)CC(=O)C[C@H]2CO[C@@H](C[C@@H]3O[C@H]3[C@H](C)[C@H](C)O[Si](C)(C)C)[C@@H](O[Si](C)(C)C)[C@@H]2O[Si](C)(C)C)c1. The fourth-order valence-electron chi connectivity index (χ4n) is 5.83. The number of carbonyl (C=O) groups excluding carboxylic acids is 2. The predicted octanol–water partition coefficient (Wildman–Crippen LogP) is 6.72. The van der Waals surface area contributed by atoms with Gasteiger partial charge >= 0.3 is 0 Å². The number of methoxy groups -OCH3 is 1. The van der Waals surface area contributed by atoms with Crippen molar-refractivity contribution in [1.82, 2.24) is 0 Å². The highest BCUT2D eigenvalue weighted by Crippen LogP contribution is 2.40. The minimum absolute atomic E-state index is 0.0756. The highest BCUT2D eigenvalue weighted by Gasteiger charge is 2.51. The molecule has 2 heterocycles. The van der Waals surface area contributed by atoms with Crippen LogP contribution in [-0.4, -0.2) is 86.9 Å². The lowest BCUT2D eigenvalue weighted by molar-refractivity contribution is -0.158. The first-order valence-electron chi connectivity index (χ1n) is 15.8. The second-order valence-corrected chi connectivity index (χ2v) is 28.6. The zero-order valence-electron chi connectivity index (χ0n) is 28.5. The zero-order valence-corrected chi connectivity index (χ0v) is 31.5. The van der Waals surface area contributed by atoms with Gasteiger partial charge in [0.1, 0.15) is 11.5 Å². The average molecular weight is 653 g/mol. The molecule has 0 amide bonds. The summed E-state index contributed by atoms with van der Waals surface area (Å²) < 4.78 is 37.9. The Morgan fingerprint density at radius 1 is 0.907 bits per heavy atom. The quantitative estimate of drug-likeness (QED) is 0.0842. The second kappa shape index (κ2) is 14.5. The minimum atomic E-state index is -2.03. The zero-order chi connectivity index (χ0) is 32.3. The van der Waals surface area contributed by atoms with Gasteiger partial charge in [0.05, 0.1) is 50.7 Å². The van der Waals surface area contributed by atoms with E-state index in [2.05, 4.69) is 72.8 Å². The van der Waals surface area contributed by atoms with E-state index >= 15 is 0 Å². The minimum Gasteiger partial charge on any atom is -0.497 e. The first-order chi connectivity index (χ1) is 19.8. The van der Waals surface area contributed by atoms with Crippen molar-refractivity contribution in [2.75, 3.05) is 13.7 Å². The van der Waals surface area contributed by atoms with Gasteiger partial charge in [-0.2, -0.15) is 0 Å². The second-order valence-electron chi connectivity index (χ2n) is 15.3. The van der Waals surface area contributed by atoms with E-state index in [9.17, 15) is 9.59 Å². The van der Waals surface area contributed by atoms with Gasteiger partial charge in [0, 0.05) is 36.3 Å². The van der Waals surface area contributed by atoms with Gasteiger partial charge in [0.25, 0.3) is 0 Å². The van der Waals surface area contributed by atoms with Gasteiger partial charge in [-0.05, 0) is 78.0 Å². The monoisotopic (exact) mass is 652 g/mol. The molecular weight excluding hydrogens is 597 g/mol. The molecule has 2 aliphatic rings. The topological polar surface area (TPSA) is 92.8 Å². The largest absolute Gasteiger partial charge is 0.497 e. The van der Waals surface area contributed by atoms with Gasteiger partial charge < -0.3 is 27.5 Å². The number of hydrogen-bond acceptors (Lipinski definition) is 8. The van der Waals surface area contributed by atoms with Crippen LogP contribution < -0.4 is 4.74 Å². The van der Waals surface area contributed by atoms with E-state index in [1.165, 1.54) is 0 Å². The lowest BCUT2D eigenvalue weighted by Crippen LogP contribution is -2.58. The average Bonchev–Trinajstić information content (AvgIpc) is 3.63. The highest BCUT2D eigenvalue weighted by molar-refractivity contribution is 6.70. The first-order valence-corrected chi connectivity index (χ1v) is 26.0. The number of rotatable bonds is 16. The van der Waals surface area contributed by atoms with E-state index in [-0.39, 0.29) is 72.9 Å². The Morgan fingerprint density at radius 2 is 1.53 bits per heavy atom. The summed E-state index contributed by atoms with van der Waals surface area (Å²) in [5.74, 6) is 0.337. The molecule has 8 nitrogen and oxygen atoms in total. The summed E-state index contributed by atoms with van der Waals surface area (Å²) in [6.45, 7) is 24.4. The van der Waals surface area contributed by atoms with E-state index in [1.54, 1.807) is 31.4 Å². The molecule has 0 aliphatic carbocycles. The van der Waals surface area contributed by atoms with Gasteiger partial charge in [-0.1, -0.05) is 19.1 Å². The van der Waals surface area contributed by atoms with Crippen molar-refractivity contribution in [3.05, 3.63) is 29.8 Å². The van der Waals surface area contributed by atoms with Gasteiger partial charge in [-0.25, -0.2) is 0 Å². The van der Waals surface area contributed by atoms with Crippen LogP contribution in [0.4, 0.5) is 0 Å². The molecule has 244 valence electrons. The highest BCUT2D eigenvalue weighted by atomic mass is 28.4. The number of Topliss-reactive ketones (excluding diaryl/α,β-unsaturated/α-hetero) is 2. The molecule has 1 aromatic rings. The Morgan fingerprint density at radius 3 is 2.12 bits per heavy atom. The Bertz CT molecular complexity index is 1090. The van der Waals surface area contributed by atoms with E-state index in [1.807, 2.05) is 0 Å². The van der Waals surface area contributed by atoms with Crippen LogP contribution in [0, 0.1) is 11.8 Å². The van der Waals surface area contributed by atoms with Gasteiger partial charge in [0.2, 0.25) is 0 Å². The lowest BCUT2D eigenvalue weighted by Gasteiger charge is -2.47. The summed E-state index contributed by atoms with van der Waals surface area (Å²) in [7, 11) is -4.14. The molecule has 2 fully saturated rings. The van der Waals surface area contributed by atoms with Crippen LogP contribution in [0.15, 0.2) is 24.3 Å². The summed E-state index contributed by atoms with van der Waals surface area (Å²) in [5.41, 5.74) is 0.472. The van der Waals surface area contributed by atoms with Crippen molar-refractivity contribution < 1.29 is 37.1 Å². The number of ketones is 2. The summed E-state index contributed by atoms with van der Waals surface area (Å²) in [6, 6.07) is 6.93. The molecule has 0 radical (unpaired) electrons. The maximum atomic E-state index is 13.3. The van der Waals surface area contributed by atoms with Crippen LogP contribution in [-0.2, 0) is 27.5 Å². The Balaban J connectivity index is 1.74. The smallest absolute Gasteiger partial charge is 0.184 e. The first kappa shape index (κ1) is 36.3. The van der Waals surface area contributed by atoms with Crippen molar-refractivity contribution in [2.24, 2.45) is 11.8 Å². The lowest BCUT2D eigenvalue weighted by atomic mass is 9.85. The molecule has 0 bridgehead atoms. The van der Waals surface area contributed by atoms with Crippen molar-refractivity contribution in [2.45, 2.75) is 129 Å². The van der Waals surface area contributed by atoms with Crippen LogP contribution in [0.25, 0.3) is 0 Å². The van der Waals surface area contributed by atoms with Crippen LogP contribution >= 0.6 is 0 Å². The molecule has 11 heteroatoms. The molecule has 1 aromatic carbocycles. The van der Waals surface area contributed by atoms with Gasteiger partial charge in [-0.3, -0.25) is 9.59 Å². The van der Waals surface area contributed by atoms with E-state index in [0.717, 1.165) is 0 Å². The fourth-order valence-corrected chi connectivity index (χ4v) is 9.40. The third-order valence-electron chi connectivity index (χ3n) is 7.78. The molecule has 0 aromatic heterocycles. The number of ether oxygens (including phenoxy) is 3. The Hall–Kier alpha value is -1.19. The molecule has 8 atom stereocenters. The maximum Gasteiger partial charge on any atom is 0.184 e. The number of hydrogen-bond donors (Lipinski definition) is 0. The van der Waals surface area contributed by atoms with E-state index < -0.39 is 25.0 Å². The molecule has 2 saturated heterocycles. The van der Waals surface area contributed by atoms with Crippen LogP contribution in [0.2, 0.25) is 58.9 Å². The van der Waals surface area contributed by atoms with E-state index in [0.29, 0.717) is 24.3 Å². The molecule has 2 aliphatic heterocycles. The molecule has 0 saturated carbocycles. The normalized spacial score (nSPS) is 27.8. The number of carbonyl (C=O) groups is 2. The van der Waals surface area contributed by atoms with Crippen LogP contribution in [0.5, 0.6) is 5.75 Å². The standard InChI is InChI=1S/C32H56O8Si3/c1-21(22(2)38-41(4,5)6)30-29(37-30)19-28-32(40-43(10,11)12)31(39-42(7,8)9)24(20-36-28)16-25(33)18-27(34)23-14-13-15-26(17-23)35-3/h13-15,17,21-22,24,28-32H,16,18-20H2,1-12H3/t21-,22+,24+,28+,29+,30+,31-,32-/m1/s1. The van der Waals surface area contributed by atoms with Crippen molar-refractivity contribution in [3.8, 4) is 5.75 Å². The predicted molar refractivity (Wildman–Crippen MR) is 178 cm³/mol. The molecule has 0 unspecified atom stereocenters. The Kier molecular flexibility index (Phi) is 12.2. The van der Waals surface area contributed by atoms with Gasteiger partial charge in [-0.15, -0.1) is 0 Å². The van der Waals surface area contributed by atoms with Crippen LogP contribution in [0.1, 0.15) is 43.5 Å². The van der Waals surface area contributed by atoms with Crippen LogP contribution in [0.3, 0.4) is 0 Å².